The number of hydrogen-bond acceptors (Lipinski definition) is 9. The van der Waals surface area contributed by atoms with Crippen molar-refractivity contribution in [2.45, 2.75) is 30.6 Å². The summed E-state index contributed by atoms with van der Waals surface area (Å²) in [6, 6.07) is 21.3. The SMILES string of the molecule is COc1ccc(C23C(=O)N(Nc4ccc(Cl)cc4Cl)C(=O)C2CC2C(=CCC4C(=O)N(CCc5ccc(O)cc5)C(=O)C42)C3c2cc(Cl)c(O)c(OC)c2)cc1. The molecule has 3 N–H and O–H groups in total. The molecule has 3 fully saturated rings. The second kappa shape index (κ2) is 14.4. The molecule has 1 saturated carbocycles. The number of methoxy groups -OCH3 is 2. The van der Waals surface area contributed by atoms with Gasteiger partial charge in [-0.05, 0) is 96.5 Å². The van der Waals surface area contributed by atoms with Crippen molar-refractivity contribution < 1.29 is 38.9 Å². The van der Waals surface area contributed by atoms with Crippen LogP contribution >= 0.6 is 34.8 Å². The number of carbonyl (C=O) groups is 4. The van der Waals surface area contributed by atoms with Gasteiger partial charge in [-0.3, -0.25) is 29.5 Å². The number of benzene rings is 4. The quantitative estimate of drug-likeness (QED) is 0.117. The number of nitrogens with one attached hydrogen (secondary N) is 1. The zero-order valence-corrected chi connectivity index (χ0v) is 32.4. The van der Waals surface area contributed by atoms with Gasteiger partial charge >= 0.3 is 0 Å². The van der Waals surface area contributed by atoms with Crippen molar-refractivity contribution in [2.75, 3.05) is 26.2 Å². The van der Waals surface area contributed by atoms with Crippen LogP contribution in [0.5, 0.6) is 23.0 Å². The molecule has 4 aromatic rings. The number of ether oxygens (including phenoxy) is 2. The number of rotatable bonds is 9. The van der Waals surface area contributed by atoms with Crippen molar-refractivity contribution in [3.05, 3.63) is 122 Å². The number of halogens is 3. The van der Waals surface area contributed by atoms with Crippen LogP contribution in [0.4, 0.5) is 5.69 Å². The van der Waals surface area contributed by atoms with Crippen LogP contribution in [0.25, 0.3) is 0 Å². The molecule has 0 aromatic heterocycles. The van der Waals surface area contributed by atoms with Crippen LogP contribution in [-0.4, -0.2) is 64.5 Å². The number of phenols is 2. The molecule has 2 aliphatic heterocycles. The maximum Gasteiger partial charge on any atom is 0.260 e. The van der Waals surface area contributed by atoms with E-state index >= 15 is 4.79 Å². The first-order valence-electron chi connectivity index (χ1n) is 18.0. The number of hydrazine groups is 1. The number of hydrogen-bond donors (Lipinski definition) is 3. The Labute approximate surface area is 337 Å². The van der Waals surface area contributed by atoms with Gasteiger partial charge in [0, 0.05) is 17.5 Å². The molecular formula is C42H36Cl3N3O8. The maximum atomic E-state index is 15.5. The highest BCUT2D eigenvalue weighted by Crippen LogP contribution is 2.64. The number of allylic oxidation sites excluding steroid dienone is 2. The van der Waals surface area contributed by atoms with Gasteiger partial charge in [0.1, 0.15) is 11.5 Å². The minimum atomic E-state index is -1.63. The van der Waals surface area contributed by atoms with E-state index in [0.29, 0.717) is 33.9 Å². The number of fused-ring (bicyclic) bond motifs is 4. The molecule has 56 heavy (non-hydrogen) atoms. The van der Waals surface area contributed by atoms with E-state index in [2.05, 4.69) is 5.43 Å². The van der Waals surface area contributed by atoms with Gasteiger partial charge in [-0.2, -0.15) is 5.01 Å². The van der Waals surface area contributed by atoms with E-state index in [1.807, 2.05) is 6.08 Å². The Kier molecular flexibility index (Phi) is 9.67. The minimum absolute atomic E-state index is 0.0376. The fourth-order valence-corrected chi connectivity index (χ4v) is 9.99. The van der Waals surface area contributed by atoms with Crippen molar-refractivity contribution in [1.82, 2.24) is 9.91 Å². The summed E-state index contributed by atoms with van der Waals surface area (Å²) in [7, 11) is 2.91. The number of amides is 4. The van der Waals surface area contributed by atoms with Gasteiger partial charge in [-0.1, -0.05) is 70.7 Å². The molecule has 4 aromatic carbocycles. The molecule has 14 heteroatoms. The second-order valence-corrected chi connectivity index (χ2v) is 15.8. The van der Waals surface area contributed by atoms with Gasteiger partial charge in [0.15, 0.2) is 11.5 Å². The maximum absolute atomic E-state index is 15.5. The molecule has 4 aliphatic rings. The smallest absolute Gasteiger partial charge is 0.260 e. The first-order valence-corrected chi connectivity index (χ1v) is 19.2. The lowest BCUT2D eigenvalue weighted by molar-refractivity contribution is -0.141. The largest absolute Gasteiger partial charge is 0.508 e. The predicted octanol–water partition coefficient (Wildman–Crippen LogP) is 7.30. The van der Waals surface area contributed by atoms with Gasteiger partial charge in [0.25, 0.3) is 11.8 Å². The summed E-state index contributed by atoms with van der Waals surface area (Å²) < 4.78 is 11.0. The van der Waals surface area contributed by atoms with Crippen molar-refractivity contribution in [3.8, 4) is 23.0 Å². The van der Waals surface area contributed by atoms with Crippen molar-refractivity contribution in [1.29, 1.82) is 0 Å². The molecule has 8 rings (SSSR count). The summed E-state index contributed by atoms with van der Waals surface area (Å²) in [6.45, 7) is 0.141. The average molecular weight is 817 g/mol. The lowest BCUT2D eigenvalue weighted by Gasteiger charge is -2.50. The van der Waals surface area contributed by atoms with Crippen LogP contribution in [0.1, 0.15) is 35.4 Å². The molecule has 6 unspecified atom stereocenters. The number of nitrogens with zero attached hydrogens (tertiary/aromatic N) is 2. The highest BCUT2D eigenvalue weighted by atomic mass is 35.5. The minimum Gasteiger partial charge on any atom is -0.508 e. The zero-order chi connectivity index (χ0) is 39.6. The van der Waals surface area contributed by atoms with Crippen LogP contribution in [0.15, 0.2) is 90.5 Å². The van der Waals surface area contributed by atoms with E-state index in [1.165, 1.54) is 25.2 Å². The number of aromatic hydroxyl groups is 2. The summed E-state index contributed by atoms with van der Waals surface area (Å²) in [6.07, 6.45) is 2.62. The van der Waals surface area contributed by atoms with Crippen LogP contribution in [0.2, 0.25) is 15.1 Å². The van der Waals surface area contributed by atoms with E-state index in [4.69, 9.17) is 44.3 Å². The van der Waals surface area contributed by atoms with Crippen molar-refractivity contribution in [2.24, 2.45) is 23.7 Å². The summed E-state index contributed by atoms with van der Waals surface area (Å²) in [5, 5.41) is 22.1. The summed E-state index contributed by atoms with van der Waals surface area (Å²) in [5.41, 5.74) is 4.14. The Morgan fingerprint density at radius 3 is 2.23 bits per heavy atom. The summed E-state index contributed by atoms with van der Waals surface area (Å²) in [4.78, 5) is 60.3. The number of likely N-dealkylation sites (tertiary alicyclic amines) is 1. The highest BCUT2D eigenvalue weighted by Gasteiger charge is 2.70. The predicted molar refractivity (Wildman–Crippen MR) is 209 cm³/mol. The van der Waals surface area contributed by atoms with Gasteiger partial charge in [0.05, 0.1) is 53.1 Å². The molecule has 2 heterocycles. The second-order valence-electron chi connectivity index (χ2n) is 14.5. The molecule has 11 nitrogen and oxygen atoms in total. The zero-order valence-electron chi connectivity index (χ0n) is 30.2. The Morgan fingerprint density at radius 2 is 1.55 bits per heavy atom. The molecule has 0 spiro atoms. The molecular weight excluding hydrogens is 781 g/mol. The Morgan fingerprint density at radius 1 is 0.821 bits per heavy atom. The summed E-state index contributed by atoms with van der Waals surface area (Å²) in [5.74, 6) is -5.45. The van der Waals surface area contributed by atoms with E-state index in [1.54, 1.807) is 72.8 Å². The van der Waals surface area contributed by atoms with Crippen LogP contribution < -0.4 is 14.9 Å². The number of carbonyl (C=O) groups excluding carboxylic acids is 4. The Hall–Kier alpha value is -5.23. The Bertz CT molecular complexity index is 2320. The lowest BCUT2D eigenvalue weighted by Crippen LogP contribution is -2.53. The standard InChI is InChI=1S/C42H36Cl3N3O8/c1-55-26-10-5-23(6-11-26)42-30(39(52)48(41(42)54)46-33-14-7-24(43)19-31(33)44)20-29-27(36(42)22-17-32(45)37(50)34(18-22)56-2)12-13-28-35(29)40(53)47(38(28)51)16-15-21-3-8-25(49)9-4-21/h3-12,14,17-19,28-30,35-36,46,49-50H,13,15-16,20H2,1-2H3. The molecule has 2 aliphatic carbocycles. The molecule has 0 bridgehead atoms. The van der Waals surface area contributed by atoms with Crippen LogP contribution in [-0.2, 0) is 31.0 Å². The van der Waals surface area contributed by atoms with E-state index in [9.17, 15) is 24.6 Å². The third-order valence-corrected chi connectivity index (χ3v) is 12.7. The van der Waals surface area contributed by atoms with Crippen LogP contribution in [0.3, 0.4) is 0 Å². The number of anilines is 1. The van der Waals surface area contributed by atoms with E-state index in [0.717, 1.165) is 10.6 Å². The van der Waals surface area contributed by atoms with E-state index < -0.39 is 46.8 Å². The molecule has 6 atom stereocenters. The fraction of sp³-hybridized carbons (Fsp3) is 0.286. The third-order valence-electron chi connectivity index (χ3n) is 11.8. The first-order chi connectivity index (χ1) is 26.9. The summed E-state index contributed by atoms with van der Waals surface area (Å²) >= 11 is 19.4. The molecule has 2 saturated heterocycles. The van der Waals surface area contributed by atoms with Gasteiger partial charge in [-0.15, -0.1) is 0 Å². The number of phenolic OH excluding ortho intramolecular Hbond substituents is 2. The lowest BCUT2D eigenvalue weighted by atomic mass is 9.49. The van der Waals surface area contributed by atoms with Crippen LogP contribution in [0, 0.1) is 23.7 Å². The van der Waals surface area contributed by atoms with Crippen molar-refractivity contribution in [3.63, 3.8) is 0 Å². The normalized spacial score (nSPS) is 25.4. The topological polar surface area (TPSA) is 146 Å². The van der Waals surface area contributed by atoms with Gasteiger partial charge < -0.3 is 19.7 Å². The third kappa shape index (κ3) is 5.86. The monoisotopic (exact) mass is 815 g/mol. The molecule has 4 amide bonds. The fourth-order valence-electron chi connectivity index (χ4n) is 9.32. The van der Waals surface area contributed by atoms with Crippen molar-refractivity contribution >= 4 is 64.1 Å². The van der Waals surface area contributed by atoms with Gasteiger partial charge in [-0.25, -0.2) is 0 Å². The first kappa shape index (κ1) is 37.7. The van der Waals surface area contributed by atoms with Gasteiger partial charge in [0.2, 0.25) is 11.8 Å². The molecule has 0 radical (unpaired) electrons. The average Bonchev–Trinajstić information content (AvgIpc) is 3.56. The van der Waals surface area contributed by atoms with E-state index in [-0.39, 0.29) is 64.2 Å². The highest BCUT2D eigenvalue weighted by molar-refractivity contribution is 6.36. The molecule has 288 valence electrons. The number of imide groups is 2. The Balaban J connectivity index is 1.29.